The maximum atomic E-state index is 13.1. The van der Waals surface area contributed by atoms with Crippen molar-refractivity contribution in [3.63, 3.8) is 0 Å². The van der Waals surface area contributed by atoms with Gasteiger partial charge in [-0.15, -0.1) is 0 Å². The molecule has 0 radical (unpaired) electrons. The van der Waals surface area contributed by atoms with Crippen LogP contribution in [0.4, 0.5) is 0 Å². The number of carbonyl (C=O) groups is 4. The molecule has 590 valence electrons. The molecule has 0 fully saturated rings. The van der Waals surface area contributed by atoms with E-state index in [9.17, 15) is 43.2 Å². The van der Waals surface area contributed by atoms with Crippen LogP contribution in [0.2, 0.25) is 0 Å². The first-order valence-electron chi connectivity index (χ1n) is 39.4. The zero-order valence-corrected chi connectivity index (χ0v) is 66.2. The van der Waals surface area contributed by atoms with Crippen molar-refractivity contribution in [3.05, 3.63) is 170 Å². The maximum Gasteiger partial charge on any atom is 0.472 e. The van der Waals surface area contributed by atoms with E-state index >= 15 is 0 Å². The van der Waals surface area contributed by atoms with Crippen LogP contribution in [0.15, 0.2) is 170 Å². The Morgan fingerprint density at radius 3 is 0.808 bits per heavy atom. The third-order valence-electron chi connectivity index (χ3n) is 15.7. The molecule has 0 aromatic rings. The lowest BCUT2D eigenvalue weighted by Gasteiger charge is -2.21. The van der Waals surface area contributed by atoms with Gasteiger partial charge in [0.2, 0.25) is 0 Å². The van der Waals surface area contributed by atoms with Crippen LogP contribution >= 0.6 is 15.6 Å². The van der Waals surface area contributed by atoms with Gasteiger partial charge in [-0.25, -0.2) is 9.13 Å². The third kappa shape index (κ3) is 74.7. The van der Waals surface area contributed by atoms with Gasteiger partial charge in [-0.05, 0) is 167 Å². The molecule has 0 aromatic heterocycles. The zero-order chi connectivity index (χ0) is 76.0. The fourth-order valence-electron chi connectivity index (χ4n) is 9.76. The molecule has 0 amide bonds. The van der Waals surface area contributed by atoms with E-state index in [0.717, 1.165) is 180 Å². The number of carbonyl (C=O) groups excluding carboxylic acids is 4. The molecule has 5 atom stereocenters. The van der Waals surface area contributed by atoms with Gasteiger partial charge in [0.25, 0.3) is 0 Å². The molecule has 17 nitrogen and oxygen atoms in total. The molecule has 0 aromatic carbocycles. The van der Waals surface area contributed by atoms with Gasteiger partial charge in [0.15, 0.2) is 12.2 Å². The summed E-state index contributed by atoms with van der Waals surface area (Å²) in [5, 5.41) is 10.6. The average molecular weight is 1490 g/mol. The summed E-state index contributed by atoms with van der Waals surface area (Å²) in [7, 11) is -10.0. The predicted octanol–water partition coefficient (Wildman–Crippen LogP) is 23.0. The summed E-state index contributed by atoms with van der Waals surface area (Å²) >= 11 is 0. The highest BCUT2D eigenvalue weighted by Gasteiger charge is 2.30. The van der Waals surface area contributed by atoms with Gasteiger partial charge in [-0.3, -0.25) is 37.3 Å². The van der Waals surface area contributed by atoms with E-state index in [1.165, 1.54) is 19.3 Å². The van der Waals surface area contributed by atoms with Crippen molar-refractivity contribution in [1.29, 1.82) is 0 Å². The molecule has 3 N–H and O–H groups in total. The summed E-state index contributed by atoms with van der Waals surface area (Å²) in [4.78, 5) is 73.0. The molecule has 0 aliphatic heterocycles. The van der Waals surface area contributed by atoms with Crippen LogP contribution in [-0.4, -0.2) is 96.7 Å². The lowest BCUT2D eigenvalue weighted by molar-refractivity contribution is -0.161. The minimum atomic E-state index is -5.00. The van der Waals surface area contributed by atoms with Crippen molar-refractivity contribution in [1.82, 2.24) is 0 Å². The van der Waals surface area contributed by atoms with Crippen LogP contribution in [0, 0.1) is 0 Å². The van der Waals surface area contributed by atoms with Crippen molar-refractivity contribution in [2.24, 2.45) is 0 Å². The van der Waals surface area contributed by atoms with E-state index in [4.69, 9.17) is 37.0 Å². The van der Waals surface area contributed by atoms with Gasteiger partial charge in [-0.2, -0.15) is 0 Å². The Morgan fingerprint density at radius 2 is 0.510 bits per heavy atom. The fraction of sp³-hybridized carbons (Fsp3) is 0.624. The number of phosphoric acid groups is 2. The number of ether oxygens (including phenoxy) is 4. The van der Waals surface area contributed by atoms with E-state index < -0.39 is 97.5 Å². The van der Waals surface area contributed by atoms with Gasteiger partial charge >= 0.3 is 39.5 Å². The Bertz CT molecular complexity index is 2640. The Balaban J connectivity index is 5.48. The third-order valence-corrected chi connectivity index (χ3v) is 17.6. The van der Waals surface area contributed by atoms with Gasteiger partial charge < -0.3 is 33.8 Å². The molecule has 0 rings (SSSR count). The van der Waals surface area contributed by atoms with E-state index in [-0.39, 0.29) is 25.7 Å². The minimum absolute atomic E-state index is 0.0602. The second-order valence-corrected chi connectivity index (χ2v) is 28.4. The second kappa shape index (κ2) is 75.6. The van der Waals surface area contributed by atoms with Crippen molar-refractivity contribution < 1.29 is 80.2 Å². The highest BCUT2D eigenvalue weighted by molar-refractivity contribution is 7.47. The van der Waals surface area contributed by atoms with Crippen LogP contribution in [0.3, 0.4) is 0 Å². The first-order valence-corrected chi connectivity index (χ1v) is 42.4. The van der Waals surface area contributed by atoms with E-state index in [1.807, 2.05) is 12.2 Å². The van der Waals surface area contributed by atoms with Crippen molar-refractivity contribution in [3.8, 4) is 0 Å². The molecular weight excluding hydrogens is 1350 g/mol. The molecule has 0 heterocycles. The summed E-state index contributed by atoms with van der Waals surface area (Å²) in [5.41, 5.74) is 0. The predicted molar refractivity (Wildman–Crippen MR) is 426 cm³/mol. The number of allylic oxidation sites excluding steroid dienone is 28. The van der Waals surface area contributed by atoms with Crippen LogP contribution < -0.4 is 0 Å². The van der Waals surface area contributed by atoms with Crippen LogP contribution in [-0.2, 0) is 65.4 Å². The Morgan fingerprint density at radius 1 is 0.279 bits per heavy atom. The van der Waals surface area contributed by atoms with Gasteiger partial charge in [0, 0.05) is 25.7 Å². The molecule has 0 aliphatic rings. The summed E-state index contributed by atoms with van der Waals surface area (Å²) in [6, 6.07) is 0. The molecule has 0 saturated carbocycles. The number of rotatable bonds is 72. The van der Waals surface area contributed by atoms with E-state index in [0.29, 0.717) is 32.1 Å². The van der Waals surface area contributed by atoms with Crippen LogP contribution in [0.1, 0.15) is 285 Å². The first-order chi connectivity index (χ1) is 50.7. The maximum absolute atomic E-state index is 13.1. The van der Waals surface area contributed by atoms with Crippen molar-refractivity contribution >= 4 is 39.5 Å². The van der Waals surface area contributed by atoms with Crippen LogP contribution in [0.5, 0.6) is 0 Å². The number of aliphatic hydroxyl groups is 1. The number of hydrogen-bond acceptors (Lipinski definition) is 15. The van der Waals surface area contributed by atoms with Gasteiger partial charge in [-0.1, -0.05) is 262 Å². The molecule has 19 heteroatoms. The normalized spacial score (nSPS) is 14.8. The standard InChI is InChI=1S/C85H138O17P2/c1-5-9-13-17-21-25-29-33-37-39-43-45-49-53-57-61-65-69-82(87)95-75-80(101-84(89)71-67-63-59-55-51-47-41-35-31-27-23-19-15-11-7-3)77-99-103(91,92)97-73-79(86)74-98-104(93,94)100-78-81(102-85(90)72-68-64-60-56-52-48-42-36-32-28-24-20-16-12-8-4)76-96-83(88)70-66-62-58-54-50-46-44-40-38-34-30-26-22-18-14-10-6-2/h9-11,13-15,21-28,33-38,41-46,54,58,79-81,86H,5-8,12,16-20,29-32,39-40,47-53,55-57,59-78H2,1-4H3,(H,91,92)(H,93,94)/b13-9-,14-10-,15-11-,25-21-,26-22-,27-23-,28-24-,37-33-,38-34-,41-35-,42-36-,45-43-,46-44-,58-54-. The molecule has 0 bridgehead atoms. The number of esters is 4. The summed E-state index contributed by atoms with van der Waals surface area (Å²) in [5.74, 6) is -2.32. The molecule has 0 spiro atoms. The topological polar surface area (TPSA) is 237 Å². The number of aliphatic hydroxyl groups excluding tert-OH is 1. The number of hydrogen-bond donors (Lipinski definition) is 3. The van der Waals surface area contributed by atoms with Crippen molar-refractivity contribution in [2.75, 3.05) is 39.6 Å². The fourth-order valence-corrected chi connectivity index (χ4v) is 11.3. The highest BCUT2D eigenvalue weighted by atomic mass is 31.2. The number of phosphoric ester groups is 2. The Hall–Kier alpha value is -5.58. The zero-order valence-electron chi connectivity index (χ0n) is 64.4. The lowest BCUT2D eigenvalue weighted by Crippen LogP contribution is -2.30. The second-order valence-electron chi connectivity index (χ2n) is 25.5. The Labute approximate surface area is 629 Å². The molecule has 104 heavy (non-hydrogen) atoms. The van der Waals surface area contributed by atoms with Gasteiger partial charge in [0.1, 0.15) is 19.3 Å². The molecular formula is C85H138O17P2. The average Bonchev–Trinajstić information content (AvgIpc) is 0.937. The lowest BCUT2D eigenvalue weighted by atomic mass is 10.1. The van der Waals surface area contributed by atoms with Crippen LogP contribution in [0.25, 0.3) is 0 Å². The summed E-state index contributed by atoms with van der Waals surface area (Å²) in [6.07, 6.45) is 89.1. The minimum Gasteiger partial charge on any atom is -0.462 e. The first kappa shape index (κ1) is 98.4. The summed E-state index contributed by atoms with van der Waals surface area (Å²) in [6.45, 7) is 4.36. The summed E-state index contributed by atoms with van der Waals surface area (Å²) < 4.78 is 68.5. The highest BCUT2D eigenvalue weighted by Crippen LogP contribution is 2.45. The SMILES string of the molecule is CC/C=C\C/C=C\C/C=C\C/C=C\C/C=C\CCCC(=O)OCC(COP(=O)(O)OCC(O)COP(=O)(O)OCC(COC(=O)CCCCCC/C=C\C/C=C\C/C=C\C/C=C\CC)OC(=O)CCCCCCC/C=C\C/C=C\C/C=C\CC)OC(=O)CCCCCCC/C=C\C/C=C\CCCCC. The smallest absolute Gasteiger partial charge is 0.462 e. The van der Waals surface area contributed by atoms with E-state index in [1.54, 1.807) is 0 Å². The molecule has 0 aliphatic carbocycles. The Kier molecular flexibility index (Phi) is 71.6. The molecule has 5 unspecified atom stereocenters. The largest absolute Gasteiger partial charge is 0.472 e. The van der Waals surface area contributed by atoms with Gasteiger partial charge in [0.05, 0.1) is 26.4 Å². The number of unbranched alkanes of at least 4 members (excludes halogenated alkanes) is 18. The van der Waals surface area contributed by atoms with E-state index in [2.05, 4.69) is 186 Å². The monoisotopic (exact) mass is 1490 g/mol. The molecule has 0 saturated heterocycles. The quantitative estimate of drug-likeness (QED) is 0.0169. The van der Waals surface area contributed by atoms with Crippen molar-refractivity contribution in [2.45, 2.75) is 303 Å².